The van der Waals surface area contributed by atoms with Crippen LogP contribution in [0.2, 0.25) is 0 Å². The molecule has 0 bridgehead atoms. The summed E-state index contributed by atoms with van der Waals surface area (Å²) in [7, 11) is 1.58. The Bertz CT molecular complexity index is 630. The van der Waals surface area contributed by atoms with Crippen molar-refractivity contribution < 1.29 is 19.1 Å². The van der Waals surface area contributed by atoms with Gasteiger partial charge in [0.1, 0.15) is 11.8 Å². The summed E-state index contributed by atoms with van der Waals surface area (Å²) < 4.78 is 5.15. The second-order valence-corrected chi connectivity index (χ2v) is 5.53. The van der Waals surface area contributed by atoms with Crippen LogP contribution in [0.4, 0.5) is 0 Å². The molecule has 1 aliphatic rings. The van der Waals surface area contributed by atoms with Crippen molar-refractivity contribution >= 4 is 17.7 Å². The molecule has 3 amide bonds. The van der Waals surface area contributed by atoms with Gasteiger partial charge < -0.3 is 20.7 Å². The van der Waals surface area contributed by atoms with Gasteiger partial charge in [0.25, 0.3) is 0 Å². The maximum absolute atomic E-state index is 12.6. The smallest absolute Gasteiger partial charge is 0.240 e. The largest absolute Gasteiger partial charge is 0.497 e. The molecule has 0 saturated carbocycles. The molecule has 124 valence electrons. The second-order valence-electron chi connectivity index (χ2n) is 5.53. The van der Waals surface area contributed by atoms with Crippen LogP contribution < -0.4 is 15.8 Å². The fourth-order valence-corrected chi connectivity index (χ4v) is 2.64. The molecule has 1 aromatic carbocycles. The number of amides is 3. The maximum atomic E-state index is 12.6. The lowest BCUT2D eigenvalue weighted by Gasteiger charge is -2.27. The van der Waals surface area contributed by atoms with Crippen molar-refractivity contribution in [1.29, 1.82) is 0 Å². The summed E-state index contributed by atoms with van der Waals surface area (Å²) in [6.45, 7) is 2.48. The highest BCUT2D eigenvalue weighted by atomic mass is 16.5. The number of methoxy groups -OCH3 is 1. The van der Waals surface area contributed by atoms with Gasteiger partial charge in [-0.25, -0.2) is 0 Å². The third-order valence-electron chi connectivity index (χ3n) is 3.97. The highest BCUT2D eigenvalue weighted by molar-refractivity contribution is 5.92. The molecule has 0 aromatic heterocycles. The SMILES string of the molecule is COc1ccc(CC(=O)N2CCNC(=O)CC2C(N)=O)c(C)c1. The third kappa shape index (κ3) is 4.00. The Hall–Kier alpha value is -2.57. The van der Waals surface area contributed by atoms with Crippen LogP contribution in [0, 0.1) is 6.92 Å². The van der Waals surface area contributed by atoms with Gasteiger partial charge in [0.2, 0.25) is 17.7 Å². The first-order valence-corrected chi connectivity index (χ1v) is 7.41. The highest BCUT2D eigenvalue weighted by Gasteiger charge is 2.32. The van der Waals surface area contributed by atoms with Crippen LogP contribution in [0.3, 0.4) is 0 Å². The first-order valence-electron chi connectivity index (χ1n) is 7.41. The number of aryl methyl sites for hydroxylation is 1. The Morgan fingerprint density at radius 2 is 2.17 bits per heavy atom. The lowest BCUT2D eigenvalue weighted by Crippen LogP contribution is -2.49. The van der Waals surface area contributed by atoms with Gasteiger partial charge in [0.05, 0.1) is 20.0 Å². The van der Waals surface area contributed by atoms with Crippen LogP contribution in [0.1, 0.15) is 17.5 Å². The zero-order chi connectivity index (χ0) is 17.0. The Morgan fingerprint density at radius 3 is 2.78 bits per heavy atom. The number of carbonyl (C=O) groups is 3. The van der Waals surface area contributed by atoms with Crippen molar-refractivity contribution in [2.45, 2.75) is 25.8 Å². The van der Waals surface area contributed by atoms with Crippen molar-refractivity contribution in [2.75, 3.05) is 20.2 Å². The molecule has 0 radical (unpaired) electrons. The topological polar surface area (TPSA) is 102 Å². The summed E-state index contributed by atoms with van der Waals surface area (Å²) in [5.41, 5.74) is 7.14. The van der Waals surface area contributed by atoms with Crippen LogP contribution in [-0.4, -0.2) is 48.9 Å². The van der Waals surface area contributed by atoms with Crippen LogP contribution in [0.5, 0.6) is 5.75 Å². The van der Waals surface area contributed by atoms with E-state index in [-0.39, 0.29) is 31.2 Å². The van der Waals surface area contributed by atoms with Crippen LogP contribution >= 0.6 is 0 Å². The van der Waals surface area contributed by atoms with E-state index < -0.39 is 11.9 Å². The molecule has 1 aromatic rings. The maximum Gasteiger partial charge on any atom is 0.240 e. The molecule has 2 rings (SSSR count). The van der Waals surface area contributed by atoms with Gasteiger partial charge in [-0.1, -0.05) is 6.07 Å². The van der Waals surface area contributed by atoms with Crippen molar-refractivity contribution in [3.05, 3.63) is 29.3 Å². The number of nitrogens with zero attached hydrogens (tertiary/aromatic N) is 1. The summed E-state index contributed by atoms with van der Waals surface area (Å²) in [6.07, 6.45) is 0.0520. The average molecular weight is 319 g/mol. The summed E-state index contributed by atoms with van der Waals surface area (Å²) >= 11 is 0. The number of nitrogens with one attached hydrogen (secondary N) is 1. The Kier molecular flexibility index (Phi) is 5.20. The Morgan fingerprint density at radius 1 is 1.43 bits per heavy atom. The first kappa shape index (κ1) is 16.8. The van der Waals surface area contributed by atoms with E-state index in [9.17, 15) is 14.4 Å². The lowest BCUT2D eigenvalue weighted by molar-refractivity contribution is -0.139. The number of primary amides is 1. The molecular formula is C16H21N3O4. The average Bonchev–Trinajstić information content (AvgIpc) is 2.71. The van der Waals surface area contributed by atoms with E-state index in [0.717, 1.165) is 16.9 Å². The zero-order valence-corrected chi connectivity index (χ0v) is 13.3. The summed E-state index contributed by atoms with van der Waals surface area (Å²) in [5, 5.41) is 2.65. The molecule has 1 unspecified atom stereocenters. The molecule has 7 nitrogen and oxygen atoms in total. The van der Waals surface area contributed by atoms with Gasteiger partial charge in [0, 0.05) is 13.1 Å². The minimum Gasteiger partial charge on any atom is -0.497 e. The van der Waals surface area contributed by atoms with E-state index in [1.165, 1.54) is 4.90 Å². The van der Waals surface area contributed by atoms with E-state index in [4.69, 9.17) is 10.5 Å². The van der Waals surface area contributed by atoms with Gasteiger partial charge in [-0.3, -0.25) is 14.4 Å². The van der Waals surface area contributed by atoms with E-state index in [2.05, 4.69) is 5.32 Å². The van der Waals surface area contributed by atoms with E-state index in [0.29, 0.717) is 6.54 Å². The van der Waals surface area contributed by atoms with Crippen molar-refractivity contribution in [2.24, 2.45) is 5.73 Å². The standard InChI is InChI=1S/C16H21N3O4/c1-10-7-12(23-2)4-3-11(10)8-15(21)19-6-5-18-14(20)9-13(19)16(17)22/h3-4,7,13H,5-6,8-9H2,1-2H3,(H2,17,22)(H,18,20). The number of rotatable bonds is 4. The second kappa shape index (κ2) is 7.13. The van der Waals surface area contributed by atoms with Crippen LogP contribution in [0.15, 0.2) is 18.2 Å². The lowest BCUT2D eigenvalue weighted by atomic mass is 10.0. The number of benzene rings is 1. The minimum atomic E-state index is -0.899. The van der Waals surface area contributed by atoms with Crippen molar-refractivity contribution in [1.82, 2.24) is 10.2 Å². The van der Waals surface area contributed by atoms with Gasteiger partial charge in [-0.15, -0.1) is 0 Å². The van der Waals surface area contributed by atoms with Crippen molar-refractivity contribution in [3.8, 4) is 5.75 Å². The number of hydrogen-bond donors (Lipinski definition) is 2. The molecule has 23 heavy (non-hydrogen) atoms. The molecule has 1 aliphatic heterocycles. The monoisotopic (exact) mass is 319 g/mol. The fraction of sp³-hybridized carbons (Fsp3) is 0.438. The molecule has 1 heterocycles. The molecule has 1 atom stereocenters. The van der Waals surface area contributed by atoms with Crippen LogP contribution in [-0.2, 0) is 20.8 Å². The highest BCUT2D eigenvalue weighted by Crippen LogP contribution is 2.19. The quantitative estimate of drug-likeness (QED) is 0.799. The number of carbonyl (C=O) groups excluding carboxylic acids is 3. The Labute approximate surface area is 134 Å². The third-order valence-corrected chi connectivity index (χ3v) is 3.97. The van der Waals surface area contributed by atoms with Gasteiger partial charge in [-0.05, 0) is 30.2 Å². The van der Waals surface area contributed by atoms with Crippen molar-refractivity contribution in [3.63, 3.8) is 0 Å². The zero-order valence-electron chi connectivity index (χ0n) is 13.3. The summed E-state index contributed by atoms with van der Waals surface area (Å²) in [6, 6.07) is 4.56. The molecule has 1 fully saturated rings. The van der Waals surface area contributed by atoms with E-state index in [1.54, 1.807) is 13.2 Å². The van der Waals surface area contributed by atoms with E-state index in [1.807, 2.05) is 19.1 Å². The predicted molar refractivity (Wildman–Crippen MR) is 83.8 cm³/mol. The predicted octanol–water partition coefficient (Wildman–Crippen LogP) is -0.251. The summed E-state index contributed by atoms with van der Waals surface area (Å²) in [5.74, 6) is -0.441. The first-order chi connectivity index (χ1) is 10.9. The van der Waals surface area contributed by atoms with Gasteiger partial charge in [-0.2, -0.15) is 0 Å². The fourth-order valence-electron chi connectivity index (χ4n) is 2.64. The number of hydrogen-bond acceptors (Lipinski definition) is 4. The minimum absolute atomic E-state index is 0.0946. The van der Waals surface area contributed by atoms with Crippen LogP contribution in [0.25, 0.3) is 0 Å². The molecule has 1 saturated heterocycles. The van der Waals surface area contributed by atoms with E-state index >= 15 is 0 Å². The molecule has 0 aliphatic carbocycles. The molecule has 3 N–H and O–H groups in total. The molecule has 7 heteroatoms. The van der Waals surface area contributed by atoms with Gasteiger partial charge in [0.15, 0.2) is 0 Å². The number of ether oxygens (including phenoxy) is 1. The number of nitrogens with two attached hydrogens (primary N) is 1. The molecule has 0 spiro atoms. The summed E-state index contributed by atoms with van der Waals surface area (Å²) in [4.78, 5) is 37.2. The normalized spacial score (nSPS) is 18.1. The Balaban J connectivity index is 2.17. The molecular weight excluding hydrogens is 298 g/mol. The van der Waals surface area contributed by atoms with Gasteiger partial charge >= 0.3 is 0 Å².